The Bertz CT molecular complexity index is 1950. The number of rotatable bonds is 59. The van der Waals surface area contributed by atoms with Gasteiger partial charge in [0.2, 0.25) is 5.91 Å². The second-order valence-electron chi connectivity index (χ2n) is 27.1. The molecule has 17 unspecified atom stereocenters. The van der Waals surface area contributed by atoms with Crippen LogP contribution in [-0.2, 0) is 33.2 Å². The molecule has 3 aliphatic rings. The summed E-state index contributed by atoms with van der Waals surface area (Å²) in [7, 11) is 0. The number of nitrogens with one attached hydrogen (secondary N) is 1. The van der Waals surface area contributed by atoms with Crippen molar-refractivity contribution in [3.8, 4) is 0 Å². The zero-order valence-corrected chi connectivity index (χ0v) is 58.9. The molecule has 3 saturated heterocycles. The van der Waals surface area contributed by atoms with Gasteiger partial charge in [-0.05, 0) is 77.0 Å². The summed E-state index contributed by atoms with van der Waals surface area (Å²) in [6, 6.07) is -0.996. The summed E-state index contributed by atoms with van der Waals surface area (Å²) in [6.45, 7) is 1.67. The summed E-state index contributed by atoms with van der Waals surface area (Å²) in [4.78, 5) is 13.4. The molecule has 1 amide bonds. The number of hydrogen-bond acceptors (Lipinski definition) is 18. The summed E-state index contributed by atoms with van der Waals surface area (Å²) >= 11 is 0. The summed E-state index contributed by atoms with van der Waals surface area (Å²) in [6.07, 6.45) is 45.3. The van der Waals surface area contributed by atoms with Gasteiger partial charge in [-0.1, -0.05) is 261 Å². The zero-order chi connectivity index (χ0) is 68.9. The second-order valence-corrected chi connectivity index (χ2v) is 27.1. The van der Waals surface area contributed by atoms with Crippen LogP contribution in [0.25, 0.3) is 0 Å². The maximum atomic E-state index is 13.4. The van der Waals surface area contributed by atoms with Gasteiger partial charge in [0, 0.05) is 6.42 Å². The van der Waals surface area contributed by atoms with E-state index >= 15 is 0 Å². The van der Waals surface area contributed by atoms with Gasteiger partial charge >= 0.3 is 0 Å². The van der Waals surface area contributed by atoms with Crippen molar-refractivity contribution in [2.75, 3.05) is 26.4 Å². The van der Waals surface area contributed by atoms with Crippen LogP contribution in [0.1, 0.15) is 284 Å². The predicted octanol–water partition coefficient (Wildman–Crippen LogP) is 11.5. The first-order valence-corrected chi connectivity index (χ1v) is 38.0. The van der Waals surface area contributed by atoms with E-state index < -0.39 is 124 Å². The molecule has 3 heterocycles. The number of aliphatic hydroxyl groups is 11. The molecule has 3 aliphatic heterocycles. The van der Waals surface area contributed by atoms with Crippen LogP contribution in [0, 0.1) is 0 Å². The molecule has 12 N–H and O–H groups in total. The summed E-state index contributed by atoms with van der Waals surface area (Å²) < 4.78 is 34.3. The number of ether oxygens (including phenoxy) is 6. The molecular weight excluding hydrogens is 1210 g/mol. The van der Waals surface area contributed by atoms with E-state index in [2.05, 4.69) is 67.8 Å². The minimum absolute atomic E-state index is 0.234. The Kier molecular flexibility index (Phi) is 52.2. The fourth-order valence-corrected chi connectivity index (χ4v) is 12.6. The van der Waals surface area contributed by atoms with Crippen molar-refractivity contribution >= 4 is 5.91 Å². The average molecular weight is 1350 g/mol. The van der Waals surface area contributed by atoms with E-state index in [1.54, 1.807) is 6.08 Å². The van der Waals surface area contributed by atoms with E-state index in [9.17, 15) is 61.0 Å². The number of allylic oxidation sites excluding steroid dienone is 9. The van der Waals surface area contributed by atoms with Gasteiger partial charge in [0.15, 0.2) is 18.9 Å². The molecule has 17 atom stereocenters. The van der Waals surface area contributed by atoms with E-state index in [0.29, 0.717) is 12.8 Å². The first-order valence-electron chi connectivity index (χ1n) is 38.0. The average Bonchev–Trinajstić information content (AvgIpc) is 0.787. The first-order chi connectivity index (χ1) is 46.3. The molecule has 554 valence electrons. The molecule has 0 bridgehead atoms. The highest BCUT2D eigenvalue weighted by Crippen LogP contribution is 2.33. The lowest BCUT2D eigenvalue weighted by atomic mass is 9.96. The van der Waals surface area contributed by atoms with E-state index in [0.717, 1.165) is 51.4 Å². The van der Waals surface area contributed by atoms with Crippen molar-refractivity contribution in [3.05, 3.63) is 60.8 Å². The van der Waals surface area contributed by atoms with Crippen molar-refractivity contribution in [1.29, 1.82) is 0 Å². The number of carbonyl (C=O) groups is 1. The second kappa shape index (κ2) is 57.2. The Morgan fingerprint density at radius 2 is 0.705 bits per heavy atom. The highest BCUT2D eigenvalue weighted by molar-refractivity contribution is 5.76. The zero-order valence-electron chi connectivity index (χ0n) is 58.9. The van der Waals surface area contributed by atoms with Gasteiger partial charge in [0.25, 0.3) is 0 Å². The number of aliphatic hydroxyl groups excluding tert-OH is 11. The Morgan fingerprint density at radius 3 is 1.14 bits per heavy atom. The van der Waals surface area contributed by atoms with Crippen molar-refractivity contribution in [3.63, 3.8) is 0 Å². The van der Waals surface area contributed by atoms with Crippen LogP contribution in [0.4, 0.5) is 0 Å². The Morgan fingerprint density at radius 1 is 0.379 bits per heavy atom. The lowest BCUT2D eigenvalue weighted by molar-refractivity contribution is -0.379. The van der Waals surface area contributed by atoms with Gasteiger partial charge in [-0.15, -0.1) is 0 Å². The number of carbonyl (C=O) groups excluding carboxylic acids is 1. The Hall–Kier alpha value is -2.51. The third-order valence-electron chi connectivity index (χ3n) is 18.8. The molecule has 19 heteroatoms. The van der Waals surface area contributed by atoms with Crippen LogP contribution in [0.15, 0.2) is 60.8 Å². The van der Waals surface area contributed by atoms with Crippen LogP contribution in [0.3, 0.4) is 0 Å². The summed E-state index contributed by atoms with van der Waals surface area (Å²) in [5.74, 6) is -0.287. The predicted molar refractivity (Wildman–Crippen MR) is 374 cm³/mol. The number of amides is 1. The molecule has 0 aliphatic carbocycles. The maximum Gasteiger partial charge on any atom is 0.220 e. The van der Waals surface area contributed by atoms with E-state index in [1.807, 2.05) is 6.08 Å². The molecule has 19 nitrogen and oxygen atoms in total. The van der Waals surface area contributed by atoms with Gasteiger partial charge in [0.1, 0.15) is 73.2 Å². The number of hydrogen-bond donors (Lipinski definition) is 12. The Balaban J connectivity index is 1.31. The van der Waals surface area contributed by atoms with Crippen molar-refractivity contribution in [2.45, 2.75) is 388 Å². The van der Waals surface area contributed by atoms with Gasteiger partial charge in [-0.25, -0.2) is 0 Å². The highest BCUT2D eigenvalue weighted by Gasteiger charge is 2.53. The van der Waals surface area contributed by atoms with E-state index in [4.69, 9.17) is 28.4 Å². The van der Waals surface area contributed by atoms with Gasteiger partial charge in [-0.3, -0.25) is 4.79 Å². The van der Waals surface area contributed by atoms with E-state index in [1.165, 1.54) is 199 Å². The smallest absolute Gasteiger partial charge is 0.220 e. The highest BCUT2D eigenvalue weighted by atomic mass is 16.8. The van der Waals surface area contributed by atoms with E-state index in [-0.39, 0.29) is 18.9 Å². The maximum absolute atomic E-state index is 13.4. The summed E-state index contributed by atoms with van der Waals surface area (Å²) in [5.41, 5.74) is 0. The molecular formula is C76H137NO18. The van der Waals surface area contributed by atoms with Crippen LogP contribution < -0.4 is 5.32 Å². The quantitative estimate of drug-likeness (QED) is 0.0199. The van der Waals surface area contributed by atoms with Crippen LogP contribution in [0.2, 0.25) is 0 Å². The third kappa shape index (κ3) is 38.2. The summed E-state index contributed by atoms with van der Waals surface area (Å²) in [5, 5.41) is 120. The fraction of sp³-hybridized carbons (Fsp3) is 0.855. The molecule has 3 rings (SSSR count). The molecule has 0 aromatic carbocycles. The van der Waals surface area contributed by atoms with Crippen molar-refractivity contribution in [2.24, 2.45) is 0 Å². The normalized spacial score (nSPS) is 27.5. The third-order valence-corrected chi connectivity index (χ3v) is 18.8. The largest absolute Gasteiger partial charge is 0.394 e. The lowest BCUT2D eigenvalue weighted by Gasteiger charge is -2.48. The molecule has 3 fully saturated rings. The standard InChI is InChI=1S/C76H137NO18/c1-3-5-7-9-11-13-15-17-18-19-20-21-22-23-24-25-26-27-28-29-30-31-32-33-34-35-36-37-38-39-40-42-44-46-48-50-52-54-64(82)77-59(60(81)53-51-49-47-45-43-41-16-14-12-10-8-6-4-2)58-90-74-70(88)67(85)72(62(56-79)92-74)95-76-71(89)68(86)73(63(57-80)93-76)94-75-69(87)66(84)65(83)61(55-78)91-75/h12,14-15,17,19-20,43,45,51,53,59-63,65-76,78-81,83-89H,3-11,13,16,18,21-42,44,46-50,52,54-58H2,1-2H3,(H,77,82)/b14-12+,17-15-,20-19-,45-43+,53-51+. The lowest BCUT2D eigenvalue weighted by Crippen LogP contribution is -2.66. The van der Waals surface area contributed by atoms with Crippen molar-refractivity contribution < 1.29 is 89.4 Å². The monoisotopic (exact) mass is 1350 g/mol. The molecule has 0 radical (unpaired) electrons. The fourth-order valence-electron chi connectivity index (χ4n) is 12.6. The minimum atomic E-state index is -1.98. The van der Waals surface area contributed by atoms with Crippen LogP contribution >= 0.6 is 0 Å². The first kappa shape index (κ1) is 86.7. The molecule has 0 saturated carbocycles. The SMILES string of the molecule is CCCCC/C=C/CC/C=C/CC/C=C/C(O)C(COC1OC(CO)C(OC2OC(CO)C(OC3OC(CO)C(O)C(O)C3O)C(O)C2O)C(O)C1O)NC(=O)CCCCCCCCCCCCCCCCCCCCCCCCCCC/C=C\C/C=C\CCCCCCC. The molecule has 0 aromatic heterocycles. The van der Waals surface area contributed by atoms with Crippen LogP contribution in [-0.4, -0.2) is 193 Å². The van der Waals surface area contributed by atoms with Gasteiger partial charge < -0.3 is 89.9 Å². The van der Waals surface area contributed by atoms with Gasteiger partial charge in [-0.2, -0.15) is 0 Å². The van der Waals surface area contributed by atoms with Gasteiger partial charge in [0.05, 0.1) is 38.6 Å². The number of unbranched alkanes of at least 4 members (excludes halogenated alkanes) is 35. The molecule has 0 aromatic rings. The Labute approximate surface area is 573 Å². The van der Waals surface area contributed by atoms with Crippen LogP contribution in [0.5, 0.6) is 0 Å². The molecule has 95 heavy (non-hydrogen) atoms. The van der Waals surface area contributed by atoms with Crippen molar-refractivity contribution in [1.82, 2.24) is 5.32 Å². The minimum Gasteiger partial charge on any atom is -0.394 e. The molecule has 0 spiro atoms. The topological polar surface area (TPSA) is 307 Å².